The first-order chi connectivity index (χ1) is 9.15. The second-order valence-electron chi connectivity index (χ2n) is 6.20. The maximum absolute atomic E-state index is 12.2. The average molecular weight is 265 g/mol. The van der Waals surface area contributed by atoms with Gasteiger partial charge in [0.1, 0.15) is 0 Å². The van der Waals surface area contributed by atoms with Crippen molar-refractivity contribution in [3.63, 3.8) is 0 Å². The SMILES string of the molecule is CN1C(=O)CC(N(CC2CC2)CC2CCCN2)C1=O. The van der Waals surface area contributed by atoms with Gasteiger partial charge in [-0.05, 0) is 38.1 Å². The first kappa shape index (κ1) is 13.1. The lowest BCUT2D eigenvalue weighted by atomic mass is 10.1. The Morgan fingerprint density at radius 2 is 2.05 bits per heavy atom. The third-order valence-electron chi connectivity index (χ3n) is 4.61. The summed E-state index contributed by atoms with van der Waals surface area (Å²) in [7, 11) is 1.60. The van der Waals surface area contributed by atoms with Crippen LogP contribution in [0.3, 0.4) is 0 Å². The summed E-state index contributed by atoms with van der Waals surface area (Å²) in [6, 6.07) is 0.285. The summed E-state index contributed by atoms with van der Waals surface area (Å²) in [5, 5.41) is 3.49. The Kier molecular flexibility index (Phi) is 3.58. The molecule has 0 radical (unpaired) electrons. The Labute approximate surface area is 114 Å². The molecule has 3 aliphatic rings. The molecule has 19 heavy (non-hydrogen) atoms. The normalized spacial score (nSPS) is 31.8. The van der Waals surface area contributed by atoms with Gasteiger partial charge in [-0.2, -0.15) is 0 Å². The molecule has 5 heteroatoms. The Balaban J connectivity index is 1.66. The number of amides is 2. The molecule has 0 bridgehead atoms. The second-order valence-corrected chi connectivity index (χ2v) is 6.20. The minimum atomic E-state index is -0.208. The second kappa shape index (κ2) is 5.21. The molecule has 2 atom stereocenters. The molecule has 106 valence electrons. The number of carbonyl (C=O) groups is 2. The first-order valence-corrected chi connectivity index (χ1v) is 7.43. The molecule has 3 fully saturated rings. The number of likely N-dealkylation sites (N-methyl/N-ethyl adjacent to an activating group) is 1. The number of carbonyl (C=O) groups excluding carboxylic acids is 2. The molecule has 2 unspecified atom stereocenters. The lowest BCUT2D eigenvalue weighted by Crippen LogP contribution is -2.47. The molecular weight excluding hydrogens is 242 g/mol. The maximum Gasteiger partial charge on any atom is 0.246 e. The highest BCUT2D eigenvalue weighted by molar-refractivity contribution is 6.05. The summed E-state index contributed by atoms with van der Waals surface area (Å²) in [6.45, 7) is 2.98. The summed E-state index contributed by atoms with van der Waals surface area (Å²) in [5.74, 6) is 0.703. The van der Waals surface area contributed by atoms with E-state index in [1.807, 2.05) is 0 Å². The molecule has 0 spiro atoms. The zero-order chi connectivity index (χ0) is 13.4. The Morgan fingerprint density at radius 3 is 2.58 bits per heavy atom. The molecule has 1 saturated carbocycles. The van der Waals surface area contributed by atoms with Crippen molar-refractivity contribution in [1.29, 1.82) is 0 Å². The van der Waals surface area contributed by atoms with Crippen molar-refractivity contribution in [3.8, 4) is 0 Å². The van der Waals surface area contributed by atoms with Crippen LogP contribution >= 0.6 is 0 Å². The molecule has 0 aromatic heterocycles. The van der Waals surface area contributed by atoms with Gasteiger partial charge in [0.25, 0.3) is 0 Å². The zero-order valence-electron chi connectivity index (χ0n) is 11.6. The Hall–Kier alpha value is -0.940. The van der Waals surface area contributed by atoms with Crippen molar-refractivity contribution in [2.75, 3.05) is 26.7 Å². The van der Waals surface area contributed by atoms with Crippen LogP contribution in [0, 0.1) is 5.92 Å². The van der Waals surface area contributed by atoms with E-state index in [4.69, 9.17) is 0 Å². The van der Waals surface area contributed by atoms with Gasteiger partial charge in [-0.3, -0.25) is 19.4 Å². The van der Waals surface area contributed by atoms with Crippen molar-refractivity contribution in [3.05, 3.63) is 0 Å². The summed E-state index contributed by atoms with van der Waals surface area (Å²) < 4.78 is 0. The van der Waals surface area contributed by atoms with Crippen molar-refractivity contribution in [2.24, 2.45) is 5.92 Å². The predicted octanol–water partition coefficient (Wildman–Crippen LogP) is 0.208. The first-order valence-electron chi connectivity index (χ1n) is 7.43. The van der Waals surface area contributed by atoms with E-state index in [0.717, 1.165) is 25.6 Å². The van der Waals surface area contributed by atoms with Gasteiger partial charge in [-0.15, -0.1) is 0 Å². The van der Waals surface area contributed by atoms with Gasteiger partial charge in [0.15, 0.2) is 0 Å². The van der Waals surface area contributed by atoms with Crippen LogP contribution in [0.15, 0.2) is 0 Å². The molecule has 1 N–H and O–H groups in total. The number of rotatable bonds is 5. The maximum atomic E-state index is 12.2. The van der Waals surface area contributed by atoms with Crippen LogP contribution in [0.1, 0.15) is 32.1 Å². The topological polar surface area (TPSA) is 52.7 Å². The van der Waals surface area contributed by atoms with E-state index in [9.17, 15) is 9.59 Å². The quantitative estimate of drug-likeness (QED) is 0.722. The highest BCUT2D eigenvalue weighted by Crippen LogP contribution is 2.32. The summed E-state index contributed by atoms with van der Waals surface area (Å²) in [4.78, 5) is 27.4. The van der Waals surface area contributed by atoms with Gasteiger partial charge < -0.3 is 5.32 Å². The Morgan fingerprint density at radius 1 is 1.26 bits per heavy atom. The molecule has 2 aliphatic heterocycles. The molecule has 1 aliphatic carbocycles. The predicted molar refractivity (Wildman–Crippen MR) is 71.5 cm³/mol. The third-order valence-corrected chi connectivity index (χ3v) is 4.61. The molecular formula is C14H23N3O2. The number of nitrogens with one attached hydrogen (secondary N) is 1. The molecule has 2 saturated heterocycles. The zero-order valence-corrected chi connectivity index (χ0v) is 11.6. The molecule has 2 heterocycles. The lowest BCUT2D eigenvalue weighted by molar-refractivity contribution is -0.138. The van der Waals surface area contributed by atoms with Crippen molar-refractivity contribution in [2.45, 2.75) is 44.2 Å². The fourth-order valence-electron chi connectivity index (χ4n) is 3.18. The van der Waals surface area contributed by atoms with Gasteiger partial charge in [-0.1, -0.05) is 0 Å². The monoisotopic (exact) mass is 265 g/mol. The summed E-state index contributed by atoms with van der Waals surface area (Å²) in [6.07, 6.45) is 5.33. The van der Waals surface area contributed by atoms with E-state index >= 15 is 0 Å². The van der Waals surface area contributed by atoms with Crippen LogP contribution in [0.5, 0.6) is 0 Å². The molecule has 0 aromatic carbocycles. The molecule has 2 amide bonds. The molecule has 5 nitrogen and oxygen atoms in total. The van der Waals surface area contributed by atoms with Gasteiger partial charge in [0, 0.05) is 26.2 Å². The standard InChI is InChI=1S/C14H23N3O2/c1-16-13(18)7-12(14(16)19)17(8-10-4-5-10)9-11-3-2-6-15-11/h10-12,15H,2-9H2,1H3. The number of likely N-dealkylation sites (tertiary alicyclic amines) is 1. The smallest absolute Gasteiger partial charge is 0.246 e. The number of nitrogens with zero attached hydrogens (tertiary/aromatic N) is 2. The Bertz CT molecular complexity index is 375. The van der Waals surface area contributed by atoms with Gasteiger partial charge in [0.2, 0.25) is 11.8 Å². The summed E-state index contributed by atoms with van der Waals surface area (Å²) in [5.41, 5.74) is 0. The molecule has 0 aromatic rings. The van der Waals surface area contributed by atoms with E-state index < -0.39 is 0 Å². The van der Waals surface area contributed by atoms with Crippen molar-refractivity contribution < 1.29 is 9.59 Å². The van der Waals surface area contributed by atoms with Crippen LogP contribution in [0.2, 0.25) is 0 Å². The van der Waals surface area contributed by atoms with Crippen LogP contribution in [-0.2, 0) is 9.59 Å². The van der Waals surface area contributed by atoms with Crippen molar-refractivity contribution >= 4 is 11.8 Å². The van der Waals surface area contributed by atoms with E-state index in [1.54, 1.807) is 7.05 Å². The van der Waals surface area contributed by atoms with Gasteiger partial charge >= 0.3 is 0 Å². The van der Waals surface area contributed by atoms with E-state index in [-0.39, 0.29) is 17.9 Å². The van der Waals surface area contributed by atoms with E-state index in [0.29, 0.717) is 12.5 Å². The van der Waals surface area contributed by atoms with Crippen molar-refractivity contribution in [1.82, 2.24) is 15.1 Å². The molecule has 3 rings (SSSR count). The number of imide groups is 1. The van der Waals surface area contributed by atoms with Gasteiger partial charge in [0.05, 0.1) is 12.5 Å². The highest BCUT2D eigenvalue weighted by Gasteiger charge is 2.42. The summed E-state index contributed by atoms with van der Waals surface area (Å²) >= 11 is 0. The van der Waals surface area contributed by atoms with Gasteiger partial charge in [-0.25, -0.2) is 0 Å². The highest BCUT2D eigenvalue weighted by atomic mass is 16.2. The van der Waals surface area contributed by atoms with Crippen LogP contribution in [0.4, 0.5) is 0 Å². The van der Waals surface area contributed by atoms with E-state index in [2.05, 4.69) is 10.2 Å². The van der Waals surface area contributed by atoms with Crippen LogP contribution in [-0.4, -0.2) is 60.4 Å². The fraction of sp³-hybridized carbons (Fsp3) is 0.857. The average Bonchev–Trinajstić information content (AvgIpc) is 2.99. The minimum absolute atomic E-state index is 0.0105. The third kappa shape index (κ3) is 2.82. The minimum Gasteiger partial charge on any atom is -0.313 e. The number of hydrogen-bond donors (Lipinski definition) is 1. The number of hydrogen-bond acceptors (Lipinski definition) is 4. The van der Waals surface area contributed by atoms with Crippen LogP contribution in [0.25, 0.3) is 0 Å². The van der Waals surface area contributed by atoms with Crippen LogP contribution < -0.4 is 5.32 Å². The lowest BCUT2D eigenvalue weighted by Gasteiger charge is -2.29. The fourth-order valence-corrected chi connectivity index (χ4v) is 3.18. The van der Waals surface area contributed by atoms with E-state index in [1.165, 1.54) is 30.6 Å². The largest absolute Gasteiger partial charge is 0.313 e.